The van der Waals surface area contributed by atoms with Gasteiger partial charge in [-0.3, -0.25) is 4.79 Å². The highest BCUT2D eigenvalue weighted by atomic mass is 16.1. The smallest absolute Gasteiger partial charge is 0.255 e. The average molecular weight is 297 g/mol. The molecule has 0 unspecified atom stereocenters. The van der Waals surface area contributed by atoms with Crippen LogP contribution in [-0.4, -0.2) is 45.0 Å². The lowest BCUT2D eigenvalue weighted by molar-refractivity contribution is 0.102. The molecule has 1 aromatic carbocycles. The standard InChI is InChI=1S/C14H15N7O/c1-20(2)13-11(7-15-8-16-13)17-14(22)9-4-5-12-10(6-9)18-19-21(12)3/h4-8H,1-3H3,(H,17,22). The number of rotatable bonds is 3. The summed E-state index contributed by atoms with van der Waals surface area (Å²) in [6.45, 7) is 0. The molecule has 0 bridgehead atoms. The van der Waals surface area contributed by atoms with E-state index in [2.05, 4.69) is 25.6 Å². The number of anilines is 2. The van der Waals surface area contributed by atoms with Crippen LogP contribution in [0.5, 0.6) is 0 Å². The molecule has 2 aromatic heterocycles. The number of aryl methyl sites for hydroxylation is 1. The van der Waals surface area contributed by atoms with Crippen molar-refractivity contribution in [3.05, 3.63) is 36.3 Å². The highest BCUT2D eigenvalue weighted by Crippen LogP contribution is 2.20. The molecule has 0 saturated carbocycles. The fraction of sp³-hybridized carbons (Fsp3) is 0.214. The third kappa shape index (κ3) is 2.46. The molecule has 1 amide bonds. The SMILES string of the molecule is CN(C)c1ncncc1NC(=O)c1ccc2c(c1)nnn2C. The zero-order chi connectivity index (χ0) is 15.7. The Kier molecular flexibility index (Phi) is 3.42. The Labute approximate surface area is 126 Å². The molecule has 0 aliphatic rings. The molecule has 112 valence electrons. The third-order valence-corrected chi connectivity index (χ3v) is 3.24. The number of hydrogen-bond acceptors (Lipinski definition) is 6. The Morgan fingerprint density at radius 2 is 2.14 bits per heavy atom. The lowest BCUT2D eigenvalue weighted by atomic mass is 10.2. The number of nitrogens with one attached hydrogen (secondary N) is 1. The largest absolute Gasteiger partial charge is 0.361 e. The molecule has 2 heterocycles. The first-order valence-corrected chi connectivity index (χ1v) is 6.64. The van der Waals surface area contributed by atoms with Gasteiger partial charge in [-0.15, -0.1) is 5.10 Å². The van der Waals surface area contributed by atoms with Gasteiger partial charge in [0.25, 0.3) is 5.91 Å². The van der Waals surface area contributed by atoms with Crippen molar-refractivity contribution < 1.29 is 4.79 Å². The number of nitrogens with zero attached hydrogens (tertiary/aromatic N) is 6. The van der Waals surface area contributed by atoms with Crippen LogP contribution >= 0.6 is 0 Å². The summed E-state index contributed by atoms with van der Waals surface area (Å²) >= 11 is 0. The van der Waals surface area contributed by atoms with E-state index < -0.39 is 0 Å². The zero-order valence-corrected chi connectivity index (χ0v) is 12.5. The van der Waals surface area contributed by atoms with Crippen molar-refractivity contribution in [2.75, 3.05) is 24.3 Å². The van der Waals surface area contributed by atoms with E-state index >= 15 is 0 Å². The van der Waals surface area contributed by atoms with E-state index in [0.29, 0.717) is 22.6 Å². The van der Waals surface area contributed by atoms with Gasteiger partial charge in [0.05, 0.1) is 11.7 Å². The number of benzene rings is 1. The predicted molar refractivity (Wildman–Crippen MR) is 82.8 cm³/mol. The van der Waals surface area contributed by atoms with Crippen molar-refractivity contribution in [1.29, 1.82) is 0 Å². The summed E-state index contributed by atoms with van der Waals surface area (Å²) in [5, 5.41) is 10.8. The molecule has 8 heteroatoms. The summed E-state index contributed by atoms with van der Waals surface area (Å²) in [7, 11) is 5.51. The van der Waals surface area contributed by atoms with Crippen LogP contribution < -0.4 is 10.2 Å². The maximum Gasteiger partial charge on any atom is 0.255 e. The van der Waals surface area contributed by atoms with Crippen LogP contribution in [0.4, 0.5) is 11.5 Å². The van der Waals surface area contributed by atoms with Gasteiger partial charge in [-0.25, -0.2) is 14.6 Å². The Hall–Kier alpha value is -3.03. The maximum absolute atomic E-state index is 12.4. The lowest BCUT2D eigenvalue weighted by Crippen LogP contribution is -2.18. The van der Waals surface area contributed by atoms with Gasteiger partial charge in [0.1, 0.15) is 17.5 Å². The molecule has 3 aromatic rings. The summed E-state index contributed by atoms with van der Waals surface area (Å²) in [5.41, 5.74) is 2.60. The van der Waals surface area contributed by atoms with Gasteiger partial charge in [-0.05, 0) is 18.2 Å². The fourth-order valence-corrected chi connectivity index (χ4v) is 2.14. The summed E-state index contributed by atoms with van der Waals surface area (Å²) < 4.78 is 1.66. The van der Waals surface area contributed by atoms with Gasteiger partial charge < -0.3 is 10.2 Å². The van der Waals surface area contributed by atoms with E-state index in [1.165, 1.54) is 6.33 Å². The van der Waals surface area contributed by atoms with Crippen molar-refractivity contribution in [3.63, 3.8) is 0 Å². The molecule has 0 spiro atoms. The second-order valence-electron chi connectivity index (χ2n) is 5.03. The first-order valence-electron chi connectivity index (χ1n) is 6.64. The van der Waals surface area contributed by atoms with Crippen LogP contribution in [-0.2, 0) is 7.05 Å². The number of amides is 1. The monoisotopic (exact) mass is 297 g/mol. The molecule has 1 N–H and O–H groups in total. The number of carbonyl (C=O) groups is 1. The quantitative estimate of drug-likeness (QED) is 0.778. The van der Waals surface area contributed by atoms with Crippen LogP contribution in [0, 0.1) is 0 Å². The van der Waals surface area contributed by atoms with E-state index in [9.17, 15) is 4.79 Å². The van der Waals surface area contributed by atoms with E-state index in [0.717, 1.165) is 5.52 Å². The second-order valence-corrected chi connectivity index (χ2v) is 5.03. The van der Waals surface area contributed by atoms with Crippen molar-refractivity contribution in [2.24, 2.45) is 7.05 Å². The van der Waals surface area contributed by atoms with E-state index in [1.807, 2.05) is 25.1 Å². The summed E-state index contributed by atoms with van der Waals surface area (Å²) in [4.78, 5) is 22.3. The van der Waals surface area contributed by atoms with Crippen LogP contribution in [0.3, 0.4) is 0 Å². The molecular formula is C14H15N7O. The van der Waals surface area contributed by atoms with Crippen molar-refractivity contribution in [1.82, 2.24) is 25.0 Å². The molecule has 0 radical (unpaired) electrons. The Morgan fingerprint density at radius 1 is 1.32 bits per heavy atom. The summed E-state index contributed by atoms with van der Waals surface area (Å²) in [6, 6.07) is 5.26. The second kappa shape index (κ2) is 5.40. The molecule has 3 rings (SSSR count). The Morgan fingerprint density at radius 3 is 2.91 bits per heavy atom. The van der Waals surface area contributed by atoms with Crippen molar-refractivity contribution in [3.8, 4) is 0 Å². The van der Waals surface area contributed by atoms with Crippen LogP contribution in [0.1, 0.15) is 10.4 Å². The van der Waals surface area contributed by atoms with Gasteiger partial charge in [-0.1, -0.05) is 5.21 Å². The number of fused-ring (bicyclic) bond motifs is 1. The maximum atomic E-state index is 12.4. The Balaban J connectivity index is 1.90. The van der Waals surface area contributed by atoms with E-state index in [-0.39, 0.29) is 5.91 Å². The zero-order valence-electron chi connectivity index (χ0n) is 12.5. The predicted octanol–water partition coefficient (Wildman–Crippen LogP) is 1.08. The first-order chi connectivity index (χ1) is 10.6. The molecule has 0 aliphatic heterocycles. The molecule has 0 atom stereocenters. The number of hydrogen-bond donors (Lipinski definition) is 1. The molecular weight excluding hydrogens is 282 g/mol. The fourth-order valence-electron chi connectivity index (χ4n) is 2.14. The number of aromatic nitrogens is 5. The van der Waals surface area contributed by atoms with Crippen LogP contribution in [0.2, 0.25) is 0 Å². The van der Waals surface area contributed by atoms with Gasteiger partial charge in [0.2, 0.25) is 0 Å². The van der Waals surface area contributed by atoms with Crippen LogP contribution in [0.15, 0.2) is 30.7 Å². The minimum atomic E-state index is -0.245. The highest BCUT2D eigenvalue weighted by Gasteiger charge is 2.13. The minimum absolute atomic E-state index is 0.245. The highest BCUT2D eigenvalue weighted by molar-refractivity contribution is 6.07. The molecule has 0 saturated heterocycles. The van der Waals surface area contributed by atoms with E-state index in [1.54, 1.807) is 30.1 Å². The first kappa shape index (κ1) is 13.9. The number of carbonyl (C=O) groups excluding carboxylic acids is 1. The molecule has 22 heavy (non-hydrogen) atoms. The van der Waals surface area contributed by atoms with Gasteiger partial charge in [-0.2, -0.15) is 0 Å². The lowest BCUT2D eigenvalue weighted by Gasteiger charge is -2.15. The summed E-state index contributed by atoms with van der Waals surface area (Å²) in [5.74, 6) is 0.398. The molecule has 0 aliphatic carbocycles. The molecule has 8 nitrogen and oxygen atoms in total. The molecule has 0 fully saturated rings. The van der Waals surface area contributed by atoms with Gasteiger partial charge in [0.15, 0.2) is 5.82 Å². The van der Waals surface area contributed by atoms with Crippen LogP contribution in [0.25, 0.3) is 11.0 Å². The minimum Gasteiger partial charge on any atom is -0.361 e. The normalized spacial score (nSPS) is 10.7. The van der Waals surface area contributed by atoms with Gasteiger partial charge >= 0.3 is 0 Å². The summed E-state index contributed by atoms with van der Waals surface area (Å²) in [6.07, 6.45) is 3.01. The van der Waals surface area contributed by atoms with Gasteiger partial charge in [0, 0.05) is 26.7 Å². The Bertz CT molecular complexity index is 840. The van der Waals surface area contributed by atoms with Crippen molar-refractivity contribution >= 4 is 28.4 Å². The topological polar surface area (TPSA) is 88.8 Å². The van der Waals surface area contributed by atoms with E-state index in [4.69, 9.17) is 0 Å². The van der Waals surface area contributed by atoms with Crippen molar-refractivity contribution in [2.45, 2.75) is 0 Å². The average Bonchev–Trinajstić information content (AvgIpc) is 2.88. The third-order valence-electron chi connectivity index (χ3n) is 3.24.